The van der Waals surface area contributed by atoms with Gasteiger partial charge in [-0.05, 0) is 183 Å². The molecule has 0 aliphatic carbocycles. The van der Waals surface area contributed by atoms with Crippen LogP contribution in [0.3, 0.4) is 0 Å². The van der Waals surface area contributed by atoms with E-state index in [1.165, 1.54) is 22.3 Å². The van der Waals surface area contributed by atoms with Gasteiger partial charge in [0.05, 0.1) is 22.4 Å². The van der Waals surface area contributed by atoms with E-state index in [1.54, 1.807) is 0 Å². The molecule has 336 valence electrons. The van der Waals surface area contributed by atoms with Crippen molar-refractivity contribution in [1.29, 1.82) is 0 Å². The molecule has 0 amide bonds. The van der Waals surface area contributed by atoms with Crippen LogP contribution in [-0.4, -0.2) is 19.9 Å². The summed E-state index contributed by atoms with van der Waals surface area (Å²) in [5.74, 6) is 1.19. The second kappa shape index (κ2) is 17.5. The highest BCUT2D eigenvalue weighted by molar-refractivity contribution is 5.89. The molecule has 0 aliphatic rings. The molecule has 8 nitrogen and oxygen atoms in total. The number of para-hydroxylation sites is 6. The summed E-state index contributed by atoms with van der Waals surface area (Å²) < 4.78 is 12.2. The number of fused-ring (bicyclic) bond motifs is 3. The number of hydrogen-bond acceptors (Lipinski definition) is 8. The van der Waals surface area contributed by atoms with Crippen LogP contribution in [0, 0.1) is 27.7 Å². The molecule has 0 atom stereocenters. The zero-order valence-electron chi connectivity index (χ0n) is 39.1. The molecule has 9 aromatic carbocycles. The van der Waals surface area contributed by atoms with Crippen molar-refractivity contribution in [2.75, 3.05) is 9.80 Å². The summed E-state index contributed by atoms with van der Waals surface area (Å²) >= 11 is 0. The van der Waals surface area contributed by atoms with Gasteiger partial charge in [-0.3, -0.25) is 0 Å². The fourth-order valence-corrected chi connectivity index (χ4v) is 9.49. The van der Waals surface area contributed by atoms with E-state index in [4.69, 9.17) is 28.8 Å². The predicted octanol–water partition coefficient (Wildman–Crippen LogP) is 16.8. The van der Waals surface area contributed by atoms with Crippen molar-refractivity contribution in [3.8, 4) is 45.4 Å². The highest BCUT2D eigenvalue weighted by atomic mass is 16.4. The third-order valence-electron chi connectivity index (χ3n) is 12.6. The molecule has 0 spiro atoms. The van der Waals surface area contributed by atoms with E-state index < -0.39 is 0 Å². The van der Waals surface area contributed by atoms with Gasteiger partial charge in [0.2, 0.25) is 11.8 Å². The number of anilines is 6. The van der Waals surface area contributed by atoms with Crippen molar-refractivity contribution in [2.45, 2.75) is 27.7 Å². The van der Waals surface area contributed by atoms with Gasteiger partial charge in [0.25, 0.3) is 0 Å². The summed E-state index contributed by atoms with van der Waals surface area (Å²) in [5.41, 5.74) is 21.2. The Balaban J connectivity index is 0.904. The zero-order chi connectivity index (χ0) is 47.3. The number of hydrogen-bond donors (Lipinski definition) is 0. The van der Waals surface area contributed by atoms with Crippen LogP contribution in [0.4, 0.5) is 34.1 Å². The van der Waals surface area contributed by atoms with Gasteiger partial charge in [0, 0.05) is 56.4 Å². The first-order valence-corrected chi connectivity index (χ1v) is 23.4. The standard InChI is InChI=1S/C62H46N6O2/c1-39-33-40(2)36-51(35-39)67(49-29-21-45(22-30-49)61-65-55-13-7-9-15-57(55)69-61)47-25-17-43(18-26-47)59-60(64-54-12-6-5-11-53(54)63-59)44-19-27-48(28-20-44)68(52-37-41(3)34-42(4)38-52)50-31-23-46(24-32-50)62-66-56-14-8-10-16-58(56)70-62/h5-38H,1-4H3. The van der Waals surface area contributed by atoms with Crippen LogP contribution >= 0.6 is 0 Å². The van der Waals surface area contributed by atoms with Crippen LogP contribution in [0.15, 0.2) is 215 Å². The van der Waals surface area contributed by atoms with Crippen LogP contribution in [0.25, 0.3) is 78.7 Å². The highest BCUT2D eigenvalue weighted by Crippen LogP contribution is 2.41. The zero-order valence-corrected chi connectivity index (χ0v) is 39.1. The summed E-state index contributed by atoms with van der Waals surface area (Å²) in [6, 6.07) is 71.2. The minimum atomic E-state index is 0.596. The molecule has 0 fully saturated rings. The number of aromatic nitrogens is 4. The lowest BCUT2D eigenvalue weighted by molar-refractivity contribution is 0.619. The van der Waals surface area contributed by atoms with E-state index in [0.29, 0.717) is 11.8 Å². The summed E-state index contributed by atoms with van der Waals surface area (Å²) in [5, 5.41) is 0. The monoisotopic (exact) mass is 906 g/mol. The smallest absolute Gasteiger partial charge is 0.227 e. The maximum Gasteiger partial charge on any atom is 0.227 e. The Morgan fingerprint density at radius 1 is 0.286 bits per heavy atom. The van der Waals surface area contributed by atoms with E-state index in [0.717, 1.165) is 101 Å². The minimum Gasteiger partial charge on any atom is -0.436 e. The lowest BCUT2D eigenvalue weighted by atomic mass is 10.0. The molecule has 0 saturated carbocycles. The molecule has 12 aromatic rings. The molecular weight excluding hydrogens is 861 g/mol. The topological polar surface area (TPSA) is 84.3 Å². The molecule has 0 unspecified atom stereocenters. The average Bonchev–Trinajstić information content (AvgIpc) is 4.02. The van der Waals surface area contributed by atoms with Crippen molar-refractivity contribution < 1.29 is 8.83 Å². The average molecular weight is 907 g/mol. The van der Waals surface area contributed by atoms with E-state index in [-0.39, 0.29) is 0 Å². The Kier molecular flexibility index (Phi) is 10.6. The predicted molar refractivity (Wildman–Crippen MR) is 285 cm³/mol. The van der Waals surface area contributed by atoms with Gasteiger partial charge < -0.3 is 18.6 Å². The third-order valence-corrected chi connectivity index (χ3v) is 12.6. The molecule has 8 heteroatoms. The molecule has 0 bridgehead atoms. The summed E-state index contributed by atoms with van der Waals surface area (Å²) in [6.45, 7) is 8.56. The van der Waals surface area contributed by atoms with Gasteiger partial charge >= 0.3 is 0 Å². The molecule has 3 heterocycles. The van der Waals surface area contributed by atoms with Crippen LogP contribution in [0.2, 0.25) is 0 Å². The second-order valence-corrected chi connectivity index (χ2v) is 17.9. The molecule has 0 saturated heterocycles. The quantitative estimate of drug-likeness (QED) is 0.134. The largest absolute Gasteiger partial charge is 0.436 e. The van der Waals surface area contributed by atoms with Crippen molar-refractivity contribution in [2.24, 2.45) is 0 Å². The van der Waals surface area contributed by atoms with Crippen LogP contribution < -0.4 is 9.80 Å². The van der Waals surface area contributed by atoms with Crippen LogP contribution in [-0.2, 0) is 0 Å². The SMILES string of the molecule is Cc1cc(C)cc(N(c2ccc(-c3nc4ccccc4o3)cc2)c2ccc(-c3nc4ccccc4nc3-c3ccc(N(c4ccc(-c5nc6ccccc6o5)cc4)c4cc(C)cc(C)c4)cc3)cc2)c1. The van der Waals surface area contributed by atoms with Gasteiger partial charge in [-0.2, -0.15) is 0 Å². The summed E-state index contributed by atoms with van der Waals surface area (Å²) in [7, 11) is 0. The Morgan fingerprint density at radius 2 is 0.586 bits per heavy atom. The maximum atomic E-state index is 6.12. The van der Waals surface area contributed by atoms with Crippen LogP contribution in [0.5, 0.6) is 0 Å². The number of aryl methyl sites for hydroxylation is 4. The van der Waals surface area contributed by atoms with Gasteiger partial charge in [0.1, 0.15) is 11.0 Å². The molecule has 0 aliphatic heterocycles. The van der Waals surface area contributed by atoms with Crippen molar-refractivity contribution in [3.05, 3.63) is 229 Å². The number of benzene rings is 9. The van der Waals surface area contributed by atoms with Gasteiger partial charge in [-0.25, -0.2) is 19.9 Å². The van der Waals surface area contributed by atoms with E-state index in [1.807, 2.05) is 72.8 Å². The highest BCUT2D eigenvalue weighted by Gasteiger charge is 2.20. The van der Waals surface area contributed by atoms with E-state index in [9.17, 15) is 0 Å². The first-order valence-electron chi connectivity index (χ1n) is 23.4. The number of rotatable bonds is 10. The normalized spacial score (nSPS) is 11.4. The third kappa shape index (κ3) is 8.11. The number of oxazole rings is 2. The molecule has 12 rings (SSSR count). The molecule has 0 radical (unpaired) electrons. The Labute approximate surface area is 405 Å². The van der Waals surface area contributed by atoms with E-state index >= 15 is 0 Å². The summed E-state index contributed by atoms with van der Waals surface area (Å²) in [4.78, 5) is 24.7. The van der Waals surface area contributed by atoms with Crippen molar-refractivity contribution in [3.63, 3.8) is 0 Å². The first kappa shape index (κ1) is 42.2. The van der Waals surface area contributed by atoms with Crippen molar-refractivity contribution >= 4 is 67.4 Å². The Hall–Kier alpha value is -9.14. The van der Waals surface area contributed by atoms with E-state index in [2.05, 4.69) is 171 Å². The maximum absolute atomic E-state index is 6.12. The Bertz CT molecular complexity index is 3510. The lowest BCUT2D eigenvalue weighted by Gasteiger charge is -2.27. The summed E-state index contributed by atoms with van der Waals surface area (Å²) in [6.07, 6.45) is 0. The Morgan fingerprint density at radius 3 is 0.914 bits per heavy atom. The van der Waals surface area contributed by atoms with Crippen molar-refractivity contribution in [1.82, 2.24) is 19.9 Å². The number of nitrogens with zero attached hydrogens (tertiary/aromatic N) is 6. The fourth-order valence-electron chi connectivity index (χ4n) is 9.49. The van der Waals surface area contributed by atoms with Gasteiger partial charge in [-0.15, -0.1) is 0 Å². The molecule has 0 N–H and O–H groups in total. The van der Waals surface area contributed by atoms with Gasteiger partial charge in [0.15, 0.2) is 11.2 Å². The van der Waals surface area contributed by atoms with Gasteiger partial charge in [-0.1, -0.05) is 72.8 Å². The lowest BCUT2D eigenvalue weighted by Crippen LogP contribution is -2.10. The first-order chi connectivity index (χ1) is 34.3. The minimum absolute atomic E-state index is 0.596. The molecular formula is C62H46N6O2. The molecule has 3 aromatic heterocycles. The second-order valence-electron chi connectivity index (χ2n) is 17.9. The fraction of sp³-hybridized carbons (Fsp3) is 0.0645. The molecule has 70 heavy (non-hydrogen) atoms. The van der Waals surface area contributed by atoms with Crippen LogP contribution in [0.1, 0.15) is 22.3 Å².